The summed E-state index contributed by atoms with van der Waals surface area (Å²) in [5, 5.41) is 11.4. The zero-order chi connectivity index (χ0) is 30.3. The normalized spacial score (nSPS) is 24.9. The zero-order valence-electron chi connectivity index (χ0n) is 23.9. The summed E-state index contributed by atoms with van der Waals surface area (Å²) in [5.74, 6) is -2.45. The minimum atomic E-state index is -1.59. The Morgan fingerprint density at radius 3 is 2.36 bits per heavy atom. The Hall–Kier alpha value is -2.46. The number of hydrogen-bond donors (Lipinski definition) is 1. The number of β-amino-alcohol motifs (C(OH)–C–C–N with tert-alkyl or cyclic N) is 1. The fraction of sp³-hybridized carbons (Fsp3) is 0.548. The lowest BCUT2D eigenvalue weighted by molar-refractivity contribution is -0.146. The van der Waals surface area contributed by atoms with Crippen LogP contribution in [0.4, 0.5) is 8.78 Å². The summed E-state index contributed by atoms with van der Waals surface area (Å²) in [4.78, 5) is 29.1. The molecule has 5 rings (SSSR count). The lowest BCUT2D eigenvalue weighted by atomic mass is 9.92. The number of carbonyl (C=O) groups is 2. The van der Waals surface area contributed by atoms with E-state index in [1.54, 1.807) is 13.0 Å². The second-order valence-electron chi connectivity index (χ2n) is 11.9. The fourth-order valence-electron chi connectivity index (χ4n) is 6.07. The highest BCUT2D eigenvalue weighted by Crippen LogP contribution is 2.46. The Bertz CT molecular complexity index is 1330. The minimum absolute atomic E-state index is 0.00537. The number of carbonyl (C=O) groups excluding carboxylic acids is 2. The van der Waals surface area contributed by atoms with Gasteiger partial charge in [0.25, 0.3) is 5.91 Å². The predicted molar refractivity (Wildman–Crippen MR) is 155 cm³/mol. The summed E-state index contributed by atoms with van der Waals surface area (Å²) in [6.07, 6.45) is 1.24. The quantitative estimate of drug-likeness (QED) is 0.366. The van der Waals surface area contributed by atoms with E-state index in [1.807, 2.05) is 19.1 Å². The number of piperidine rings is 1. The SMILES string of the molecule is COC(=O)[C@@H]1C(C)[C@H](O)CN1C(=O)c1cc(C2CC2)c(OCC2(F)CCN([C@@H](C)c3cc(Cl)cc(Cl)c3)CC2)cc1F. The van der Waals surface area contributed by atoms with Crippen molar-refractivity contribution in [2.75, 3.05) is 33.4 Å². The van der Waals surface area contributed by atoms with E-state index in [-0.39, 0.29) is 49.3 Å². The molecule has 1 amide bonds. The number of methoxy groups -OCH3 is 1. The van der Waals surface area contributed by atoms with Crippen LogP contribution < -0.4 is 4.74 Å². The lowest BCUT2D eigenvalue weighted by Crippen LogP contribution is -2.45. The molecule has 3 aliphatic rings. The van der Waals surface area contributed by atoms with Gasteiger partial charge in [-0.3, -0.25) is 9.69 Å². The van der Waals surface area contributed by atoms with E-state index in [1.165, 1.54) is 18.1 Å². The summed E-state index contributed by atoms with van der Waals surface area (Å²) < 4.78 is 42.1. The minimum Gasteiger partial charge on any atom is -0.490 e. The number of aliphatic hydroxyl groups excluding tert-OH is 1. The molecule has 1 N–H and O–H groups in total. The van der Waals surface area contributed by atoms with Crippen molar-refractivity contribution in [2.45, 2.75) is 69.3 Å². The molecular weight excluding hydrogens is 589 g/mol. The Morgan fingerprint density at radius 2 is 1.76 bits per heavy atom. The average Bonchev–Trinajstić information content (AvgIpc) is 3.75. The number of likely N-dealkylation sites (tertiary alicyclic amines) is 2. The molecule has 2 aromatic carbocycles. The van der Waals surface area contributed by atoms with Crippen molar-refractivity contribution < 1.29 is 33.0 Å². The van der Waals surface area contributed by atoms with Crippen molar-refractivity contribution in [1.82, 2.24) is 9.80 Å². The van der Waals surface area contributed by atoms with Gasteiger partial charge in [0.2, 0.25) is 0 Å². The van der Waals surface area contributed by atoms with E-state index < -0.39 is 41.4 Å². The van der Waals surface area contributed by atoms with Gasteiger partial charge in [-0.2, -0.15) is 0 Å². The van der Waals surface area contributed by atoms with Crippen LogP contribution >= 0.6 is 23.2 Å². The van der Waals surface area contributed by atoms with E-state index in [2.05, 4.69) is 4.90 Å². The number of amides is 1. The third-order valence-corrected chi connectivity index (χ3v) is 9.41. The molecule has 0 bridgehead atoms. The first-order valence-corrected chi connectivity index (χ1v) is 15.1. The first-order chi connectivity index (χ1) is 19.9. The van der Waals surface area contributed by atoms with Crippen LogP contribution in [-0.2, 0) is 9.53 Å². The van der Waals surface area contributed by atoms with Gasteiger partial charge < -0.3 is 19.5 Å². The number of nitrogens with zero attached hydrogens (tertiary/aromatic N) is 2. The average molecular weight is 626 g/mol. The molecule has 1 saturated carbocycles. The van der Waals surface area contributed by atoms with E-state index >= 15 is 8.78 Å². The number of esters is 1. The first-order valence-electron chi connectivity index (χ1n) is 14.3. The molecule has 7 nitrogen and oxygen atoms in total. The topological polar surface area (TPSA) is 79.3 Å². The van der Waals surface area contributed by atoms with Gasteiger partial charge in [0.05, 0.1) is 18.8 Å². The Kier molecular flexibility index (Phi) is 9.05. The van der Waals surface area contributed by atoms with Crippen molar-refractivity contribution >= 4 is 35.1 Å². The molecule has 2 heterocycles. The van der Waals surface area contributed by atoms with Gasteiger partial charge in [0.15, 0.2) is 0 Å². The maximum Gasteiger partial charge on any atom is 0.328 e. The van der Waals surface area contributed by atoms with Crippen molar-refractivity contribution in [3.05, 3.63) is 62.9 Å². The number of halogens is 4. The number of aliphatic hydroxyl groups is 1. The van der Waals surface area contributed by atoms with Crippen LogP contribution in [0, 0.1) is 11.7 Å². The Labute approximate surface area is 254 Å². The van der Waals surface area contributed by atoms with Gasteiger partial charge in [0.1, 0.15) is 29.9 Å². The maximum absolute atomic E-state index is 15.9. The molecule has 1 unspecified atom stereocenters. The number of rotatable bonds is 8. The highest BCUT2D eigenvalue weighted by atomic mass is 35.5. The number of hydrogen-bond acceptors (Lipinski definition) is 6. The monoisotopic (exact) mass is 624 g/mol. The van der Waals surface area contributed by atoms with Crippen LogP contribution in [0.1, 0.15) is 73.0 Å². The lowest BCUT2D eigenvalue weighted by Gasteiger charge is -2.39. The van der Waals surface area contributed by atoms with E-state index in [9.17, 15) is 14.7 Å². The summed E-state index contributed by atoms with van der Waals surface area (Å²) in [6.45, 7) is 4.35. The van der Waals surface area contributed by atoms with Gasteiger partial charge >= 0.3 is 5.97 Å². The molecule has 3 fully saturated rings. The Balaban J connectivity index is 1.27. The molecule has 0 spiro atoms. The summed E-state index contributed by atoms with van der Waals surface area (Å²) in [6, 6.07) is 6.99. The van der Waals surface area contributed by atoms with E-state index in [0.29, 0.717) is 28.7 Å². The Morgan fingerprint density at radius 1 is 1.12 bits per heavy atom. The molecule has 0 aromatic heterocycles. The first kappa shape index (κ1) is 31.0. The highest BCUT2D eigenvalue weighted by molar-refractivity contribution is 6.34. The predicted octanol–water partition coefficient (Wildman–Crippen LogP) is 5.95. The van der Waals surface area contributed by atoms with Crippen LogP contribution in [0.2, 0.25) is 10.0 Å². The van der Waals surface area contributed by atoms with Crippen LogP contribution in [0.3, 0.4) is 0 Å². The third-order valence-electron chi connectivity index (χ3n) is 8.97. The molecule has 4 atom stereocenters. The fourth-order valence-corrected chi connectivity index (χ4v) is 6.61. The molecule has 11 heteroatoms. The van der Waals surface area contributed by atoms with Crippen molar-refractivity contribution in [3.8, 4) is 5.75 Å². The van der Waals surface area contributed by atoms with Crippen LogP contribution in [0.25, 0.3) is 0 Å². The van der Waals surface area contributed by atoms with Crippen molar-refractivity contribution in [3.63, 3.8) is 0 Å². The second kappa shape index (κ2) is 12.3. The summed E-state index contributed by atoms with van der Waals surface area (Å²) >= 11 is 12.3. The molecule has 0 radical (unpaired) electrons. The molecule has 2 aliphatic heterocycles. The highest BCUT2D eigenvalue weighted by Gasteiger charge is 2.46. The number of ether oxygens (including phenoxy) is 2. The van der Waals surface area contributed by atoms with Gasteiger partial charge in [-0.05, 0) is 73.9 Å². The van der Waals surface area contributed by atoms with Crippen LogP contribution in [0.15, 0.2) is 30.3 Å². The van der Waals surface area contributed by atoms with Crippen LogP contribution in [-0.4, -0.2) is 77.9 Å². The van der Waals surface area contributed by atoms with Crippen molar-refractivity contribution in [2.24, 2.45) is 5.92 Å². The number of alkyl halides is 1. The van der Waals surface area contributed by atoms with Gasteiger partial charge in [-0.25, -0.2) is 13.6 Å². The van der Waals surface area contributed by atoms with Gasteiger partial charge in [-0.1, -0.05) is 30.1 Å². The maximum atomic E-state index is 15.9. The van der Waals surface area contributed by atoms with Gasteiger partial charge in [-0.15, -0.1) is 0 Å². The molecule has 2 aromatic rings. The molecule has 1 aliphatic carbocycles. The molecular formula is C31H36Cl2F2N2O5. The largest absolute Gasteiger partial charge is 0.490 e. The zero-order valence-corrected chi connectivity index (χ0v) is 25.4. The summed E-state index contributed by atoms with van der Waals surface area (Å²) in [5.41, 5.74) is -0.193. The van der Waals surface area contributed by atoms with Crippen molar-refractivity contribution in [1.29, 1.82) is 0 Å². The second-order valence-corrected chi connectivity index (χ2v) is 12.7. The third kappa shape index (κ3) is 6.39. The van der Waals surface area contributed by atoms with E-state index in [4.69, 9.17) is 32.7 Å². The molecule has 2 saturated heterocycles. The summed E-state index contributed by atoms with van der Waals surface area (Å²) in [7, 11) is 1.21. The van der Waals surface area contributed by atoms with Crippen LogP contribution in [0.5, 0.6) is 5.75 Å². The molecule has 42 heavy (non-hydrogen) atoms. The van der Waals surface area contributed by atoms with Gasteiger partial charge in [0, 0.05) is 47.7 Å². The molecule has 228 valence electrons. The standard InChI is InChI=1S/C31H36Cl2F2N2O5/c1-17-26(38)15-37(28(17)30(40)41-3)29(39)24-13-23(19-4-5-19)27(14-25(24)34)42-16-31(35)6-8-36(9-7-31)18(2)20-10-21(32)12-22(33)11-20/h10-14,17-19,26,28,38H,4-9,15-16H2,1-3H3/t17?,18-,26+,28-/m0/s1. The smallest absolute Gasteiger partial charge is 0.328 e. The van der Waals surface area contributed by atoms with E-state index in [0.717, 1.165) is 24.5 Å². The number of benzene rings is 2.